The zero-order valence-electron chi connectivity index (χ0n) is 11.1. The normalized spacial score (nSPS) is 12.9. The number of carbonyl (C=O) groups is 1. The van der Waals surface area contributed by atoms with Crippen LogP contribution in [0.15, 0.2) is 53.3 Å². The number of rotatable bonds is 5. The number of halogens is 3. The van der Waals surface area contributed by atoms with Crippen molar-refractivity contribution in [1.82, 2.24) is 5.32 Å². The molecule has 0 aliphatic carbocycles. The number of alkyl halides is 3. The third-order valence-corrected chi connectivity index (χ3v) is 3.06. The first kappa shape index (κ1) is 15.2. The molecule has 1 aromatic heterocycles. The molecule has 0 aliphatic heterocycles. The number of nitrogens with one attached hydrogen (secondary N) is 1. The molecule has 112 valence electrons. The summed E-state index contributed by atoms with van der Waals surface area (Å²) in [5.41, 5.74) is 0.787. The van der Waals surface area contributed by atoms with Gasteiger partial charge in [-0.25, -0.2) is 0 Å². The molecule has 0 radical (unpaired) electrons. The highest BCUT2D eigenvalue weighted by Crippen LogP contribution is 2.37. The maximum atomic E-state index is 13.1. The molecule has 1 amide bonds. The summed E-state index contributed by atoms with van der Waals surface area (Å²) in [6.45, 7) is 0.148. The number of hydrogen-bond donors (Lipinski definition) is 1. The van der Waals surface area contributed by atoms with E-state index in [1.165, 1.54) is 36.8 Å². The summed E-state index contributed by atoms with van der Waals surface area (Å²) in [5.74, 6) is -2.45. The number of carbonyl (C=O) groups excluding carboxylic acids is 1. The van der Waals surface area contributed by atoms with Crippen molar-refractivity contribution in [3.8, 4) is 0 Å². The minimum Gasteiger partial charge on any atom is -0.472 e. The van der Waals surface area contributed by atoms with Gasteiger partial charge in [-0.3, -0.25) is 4.79 Å². The fraction of sp³-hybridized carbons (Fsp3) is 0.267. The van der Waals surface area contributed by atoms with Crippen molar-refractivity contribution >= 4 is 5.91 Å². The van der Waals surface area contributed by atoms with Crippen molar-refractivity contribution in [2.24, 2.45) is 0 Å². The zero-order chi connectivity index (χ0) is 15.3. The van der Waals surface area contributed by atoms with Gasteiger partial charge in [0.25, 0.3) is 0 Å². The van der Waals surface area contributed by atoms with Crippen LogP contribution in [0.4, 0.5) is 13.2 Å². The molecule has 1 heterocycles. The molecule has 0 saturated heterocycles. The summed E-state index contributed by atoms with van der Waals surface area (Å²) in [6, 6.07) is 9.08. The van der Waals surface area contributed by atoms with Gasteiger partial charge < -0.3 is 9.73 Å². The summed E-state index contributed by atoms with van der Waals surface area (Å²) >= 11 is 0. The van der Waals surface area contributed by atoms with Crippen molar-refractivity contribution < 1.29 is 22.4 Å². The number of hydrogen-bond acceptors (Lipinski definition) is 2. The highest BCUT2D eigenvalue weighted by Gasteiger charge is 2.41. The van der Waals surface area contributed by atoms with E-state index in [9.17, 15) is 18.0 Å². The molecule has 1 aromatic carbocycles. The van der Waals surface area contributed by atoms with E-state index >= 15 is 0 Å². The number of furan rings is 1. The molecule has 0 fully saturated rings. The largest absolute Gasteiger partial charge is 0.472 e. The molecule has 1 unspecified atom stereocenters. The zero-order valence-corrected chi connectivity index (χ0v) is 11.1. The second-order valence-electron chi connectivity index (χ2n) is 4.62. The van der Waals surface area contributed by atoms with E-state index in [0.29, 0.717) is 5.56 Å². The number of amides is 1. The molecule has 3 nitrogen and oxygen atoms in total. The van der Waals surface area contributed by atoms with Crippen LogP contribution in [0.5, 0.6) is 0 Å². The lowest BCUT2D eigenvalue weighted by Crippen LogP contribution is -2.30. The van der Waals surface area contributed by atoms with Gasteiger partial charge in [0.1, 0.15) is 0 Å². The molecule has 0 aliphatic rings. The third kappa shape index (κ3) is 4.37. The Hall–Kier alpha value is -2.24. The first-order valence-electron chi connectivity index (χ1n) is 6.36. The van der Waals surface area contributed by atoms with Crippen LogP contribution in [-0.2, 0) is 11.3 Å². The average Bonchev–Trinajstić information content (AvgIpc) is 2.95. The molecular formula is C15H14F3NO2. The SMILES string of the molecule is O=C(CC(c1ccccc1)C(F)(F)F)NCc1ccoc1. The van der Waals surface area contributed by atoms with E-state index in [2.05, 4.69) is 5.32 Å². The fourth-order valence-corrected chi connectivity index (χ4v) is 1.96. The average molecular weight is 297 g/mol. The second-order valence-corrected chi connectivity index (χ2v) is 4.62. The molecule has 0 saturated carbocycles. The lowest BCUT2D eigenvalue weighted by Gasteiger charge is -2.20. The Balaban J connectivity index is 2.00. The van der Waals surface area contributed by atoms with Gasteiger partial charge >= 0.3 is 6.18 Å². The summed E-state index contributed by atoms with van der Waals surface area (Å²) < 4.78 is 44.1. The second kappa shape index (κ2) is 6.47. The van der Waals surface area contributed by atoms with Crippen LogP contribution in [0.3, 0.4) is 0 Å². The summed E-state index contributed by atoms with van der Waals surface area (Å²) in [7, 11) is 0. The van der Waals surface area contributed by atoms with Crippen molar-refractivity contribution in [2.45, 2.75) is 25.1 Å². The Morgan fingerprint density at radius 1 is 1.19 bits per heavy atom. The number of benzene rings is 1. The maximum absolute atomic E-state index is 13.1. The van der Waals surface area contributed by atoms with Gasteiger partial charge in [0, 0.05) is 18.5 Å². The predicted octanol–water partition coefficient (Wildman–Crippen LogP) is 3.63. The van der Waals surface area contributed by atoms with Gasteiger partial charge in [0.2, 0.25) is 5.91 Å². The van der Waals surface area contributed by atoms with Gasteiger partial charge in [0.05, 0.1) is 18.4 Å². The van der Waals surface area contributed by atoms with E-state index in [0.717, 1.165) is 0 Å². The van der Waals surface area contributed by atoms with E-state index in [-0.39, 0.29) is 12.1 Å². The van der Waals surface area contributed by atoms with Crippen molar-refractivity contribution in [3.63, 3.8) is 0 Å². The summed E-state index contributed by atoms with van der Waals surface area (Å²) in [4.78, 5) is 11.7. The lowest BCUT2D eigenvalue weighted by molar-refractivity contribution is -0.157. The Labute approximate surface area is 119 Å². The van der Waals surface area contributed by atoms with Crippen LogP contribution in [0.2, 0.25) is 0 Å². The fourth-order valence-electron chi connectivity index (χ4n) is 1.96. The standard InChI is InChI=1S/C15H14F3NO2/c16-15(17,18)13(12-4-2-1-3-5-12)8-14(20)19-9-11-6-7-21-10-11/h1-7,10,13H,8-9H2,(H,19,20). The topological polar surface area (TPSA) is 42.2 Å². The van der Waals surface area contributed by atoms with Gasteiger partial charge in [0.15, 0.2) is 0 Å². The van der Waals surface area contributed by atoms with E-state index in [1.54, 1.807) is 12.1 Å². The summed E-state index contributed by atoms with van der Waals surface area (Å²) in [5, 5.41) is 2.46. The Kier molecular flexibility index (Phi) is 4.67. The third-order valence-electron chi connectivity index (χ3n) is 3.06. The molecule has 0 spiro atoms. The first-order chi connectivity index (χ1) is 9.97. The first-order valence-corrected chi connectivity index (χ1v) is 6.36. The summed E-state index contributed by atoms with van der Waals surface area (Å²) in [6.07, 6.45) is -2.23. The van der Waals surface area contributed by atoms with Crippen LogP contribution < -0.4 is 5.32 Å². The molecule has 6 heteroatoms. The highest BCUT2D eigenvalue weighted by molar-refractivity contribution is 5.77. The molecular weight excluding hydrogens is 283 g/mol. The lowest BCUT2D eigenvalue weighted by atomic mass is 9.95. The van der Waals surface area contributed by atoms with Gasteiger partial charge in [-0.05, 0) is 11.6 Å². The molecule has 2 aromatic rings. The molecule has 2 rings (SSSR count). The van der Waals surface area contributed by atoms with Crippen molar-refractivity contribution in [1.29, 1.82) is 0 Å². The minimum absolute atomic E-state index is 0.0865. The van der Waals surface area contributed by atoms with Crippen LogP contribution >= 0.6 is 0 Å². The Morgan fingerprint density at radius 3 is 2.48 bits per heavy atom. The quantitative estimate of drug-likeness (QED) is 0.915. The van der Waals surface area contributed by atoms with Crippen molar-refractivity contribution in [3.05, 3.63) is 60.1 Å². The van der Waals surface area contributed by atoms with Gasteiger partial charge in [-0.15, -0.1) is 0 Å². The van der Waals surface area contributed by atoms with Gasteiger partial charge in [-0.1, -0.05) is 30.3 Å². The van der Waals surface area contributed by atoms with Crippen molar-refractivity contribution in [2.75, 3.05) is 0 Å². The smallest absolute Gasteiger partial charge is 0.396 e. The van der Waals surface area contributed by atoms with Crippen LogP contribution in [0.1, 0.15) is 23.5 Å². The Morgan fingerprint density at radius 2 is 1.90 bits per heavy atom. The molecule has 1 N–H and O–H groups in total. The van der Waals surface area contributed by atoms with E-state index < -0.39 is 24.4 Å². The van der Waals surface area contributed by atoms with E-state index in [1.807, 2.05) is 0 Å². The van der Waals surface area contributed by atoms with E-state index in [4.69, 9.17) is 4.42 Å². The monoisotopic (exact) mass is 297 g/mol. The van der Waals surface area contributed by atoms with Crippen LogP contribution in [-0.4, -0.2) is 12.1 Å². The van der Waals surface area contributed by atoms with Crippen LogP contribution in [0, 0.1) is 0 Å². The predicted molar refractivity (Wildman–Crippen MR) is 70.4 cm³/mol. The minimum atomic E-state index is -4.46. The maximum Gasteiger partial charge on any atom is 0.396 e. The molecule has 21 heavy (non-hydrogen) atoms. The van der Waals surface area contributed by atoms with Crippen LogP contribution in [0.25, 0.3) is 0 Å². The molecule has 1 atom stereocenters. The highest BCUT2D eigenvalue weighted by atomic mass is 19.4. The Bertz CT molecular complexity index is 564. The molecule has 0 bridgehead atoms. The van der Waals surface area contributed by atoms with Gasteiger partial charge in [-0.2, -0.15) is 13.2 Å².